The van der Waals surface area contributed by atoms with E-state index in [1.165, 1.54) is 16.5 Å². The predicted molar refractivity (Wildman–Crippen MR) is 229 cm³/mol. The Labute approximate surface area is 317 Å². The molecule has 0 aliphatic rings. The van der Waals surface area contributed by atoms with E-state index in [-0.39, 0.29) is 0 Å². The molecule has 11 rings (SSSR count). The quantitative estimate of drug-likeness (QED) is 0.173. The molecule has 0 amide bonds. The molecule has 0 aliphatic carbocycles. The lowest BCUT2D eigenvalue weighted by Crippen LogP contribution is -2.11. The molecule has 11 aromatic rings. The minimum Gasteiger partial charge on any atom is -0.456 e. The molecule has 0 spiro atoms. The first-order valence-electron chi connectivity index (χ1n) is 18.7. The van der Waals surface area contributed by atoms with E-state index in [0.29, 0.717) is 0 Å². The molecule has 3 heteroatoms. The second-order valence-corrected chi connectivity index (χ2v) is 14.1. The van der Waals surface area contributed by atoms with Crippen molar-refractivity contribution in [3.63, 3.8) is 0 Å². The van der Waals surface area contributed by atoms with Crippen LogP contribution in [0.1, 0.15) is 0 Å². The van der Waals surface area contributed by atoms with Gasteiger partial charge in [0, 0.05) is 38.5 Å². The zero-order valence-electron chi connectivity index (χ0n) is 29.8. The van der Waals surface area contributed by atoms with Crippen LogP contribution in [0.2, 0.25) is 0 Å². The molecule has 0 atom stereocenters. The van der Waals surface area contributed by atoms with Gasteiger partial charge in [0.25, 0.3) is 0 Å². The Kier molecular flexibility index (Phi) is 7.17. The van der Waals surface area contributed by atoms with Gasteiger partial charge in [0.15, 0.2) is 5.58 Å². The summed E-state index contributed by atoms with van der Waals surface area (Å²) in [6.07, 6.45) is 0. The van der Waals surface area contributed by atoms with E-state index in [4.69, 9.17) is 8.83 Å². The van der Waals surface area contributed by atoms with Crippen molar-refractivity contribution in [2.24, 2.45) is 0 Å². The Bertz CT molecular complexity index is 3190. The lowest BCUT2D eigenvalue weighted by Gasteiger charge is -2.28. The van der Waals surface area contributed by atoms with Crippen LogP contribution in [0.4, 0.5) is 17.1 Å². The summed E-state index contributed by atoms with van der Waals surface area (Å²) in [6.45, 7) is 0. The molecule has 9 aromatic carbocycles. The Hall–Kier alpha value is -7.36. The average Bonchev–Trinajstić information content (AvgIpc) is 3.83. The average molecular weight is 704 g/mol. The second-order valence-electron chi connectivity index (χ2n) is 14.1. The van der Waals surface area contributed by atoms with Gasteiger partial charge in [-0.3, -0.25) is 0 Å². The van der Waals surface area contributed by atoms with Gasteiger partial charge >= 0.3 is 0 Å². The molecule has 3 nitrogen and oxygen atoms in total. The monoisotopic (exact) mass is 703 g/mol. The van der Waals surface area contributed by atoms with E-state index in [2.05, 4.69) is 187 Å². The number of nitrogens with zero attached hydrogens (tertiary/aromatic N) is 1. The highest BCUT2D eigenvalue weighted by atomic mass is 16.3. The van der Waals surface area contributed by atoms with Crippen molar-refractivity contribution >= 4 is 71.7 Å². The fraction of sp³-hybridized carbons (Fsp3) is 0. The highest BCUT2D eigenvalue weighted by molar-refractivity contribution is 6.14. The van der Waals surface area contributed by atoms with Crippen LogP contribution in [-0.4, -0.2) is 0 Å². The summed E-state index contributed by atoms with van der Waals surface area (Å²) in [4.78, 5) is 2.36. The van der Waals surface area contributed by atoms with Crippen LogP contribution in [-0.2, 0) is 0 Å². The van der Waals surface area contributed by atoms with E-state index >= 15 is 0 Å². The summed E-state index contributed by atoms with van der Waals surface area (Å²) >= 11 is 0. The number of anilines is 3. The van der Waals surface area contributed by atoms with Crippen LogP contribution >= 0.6 is 0 Å². The summed E-state index contributed by atoms with van der Waals surface area (Å²) in [5, 5.41) is 6.79. The fourth-order valence-electron chi connectivity index (χ4n) is 8.15. The lowest BCUT2D eigenvalue weighted by atomic mass is 9.97. The van der Waals surface area contributed by atoms with E-state index in [9.17, 15) is 0 Å². The molecule has 0 saturated heterocycles. The lowest BCUT2D eigenvalue weighted by molar-refractivity contribution is 0.668. The Balaban J connectivity index is 1.11. The van der Waals surface area contributed by atoms with E-state index in [0.717, 1.165) is 88.6 Å². The Morgan fingerprint density at radius 2 is 0.836 bits per heavy atom. The van der Waals surface area contributed by atoms with Crippen LogP contribution in [0.3, 0.4) is 0 Å². The maximum atomic E-state index is 6.83. The maximum Gasteiger partial charge on any atom is 0.160 e. The summed E-state index contributed by atoms with van der Waals surface area (Å²) in [5.74, 6) is 0. The molecule has 0 N–H and O–H groups in total. The van der Waals surface area contributed by atoms with Crippen molar-refractivity contribution in [2.75, 3.05) is 4.90 Å². The zero-order valence-corrected chi connectivity index (χ0v) is 29.8. The van der Waals surface area contributed by atoms with Crippen molar-refractivity contribution in [1.29, 1.82) is 0 Å². The smallest absolute Gasteiger partial charge is 0.160 e. The molecule has 0 bridgehead atoms. The number of para-hydroxylation sites is 2. The number of rotatable bonds is 6. The molecule has 0 fully saturated rings. The van der Waals surface area contributed by atoms with Crippen molar-refractivity contribution in [1.82, 2.24) is 0 Å². The van der Waals surface area contributed by atoms with Gasteiger partial charge in [-0.25, -0.2) is 0 Å². The molecule has 2 heterocycles. The molecule has 258 valence electrons. The van der Waals surface area contributed by atoms with Crippen LogP contribution < -0.4 is 4.90 Å². The van der Waals surface area contributed by atoms with Crippen LogP contribution in [0, 0.1) is 0 Å². The first-order valence-corrected chi connectivity index (χ1v) is 18.7. The summed E-state index contributed by atoms with van der Waals surface area (Å²) in [6, 6.07) is 71.0. The van der Waals surface area contributed by atoms with Gasteiger partial charge in [-0.1, -0.05) is 140 Å². The first-order chi connectivity index (χ1) is 27.2. The van der Waals surface area contributed by atoms with E-state index in [1.807, 2.05) is 18.2 Å². The third-order valence-electron chi connectivity index (χ3n) is 10.9. The normalized spacial score (nSPS) is 11.6. The highest BCUT2D eigenvalue weighted by Crippen LogP contribution is 2.48. The number of benzene rings is 9. The summed E-state index contributed by atoms with van der Waals surface area (Å²) in [7, 11) is 0. The number of furan rings is 2. The van der Waals surface area contributed by atoms with Crippen LogP contribution in [0.25, 0.3) is 88.0 Å². The fourth-order valence-corrected chi connectivity index (χ4v) is 8.15. The van der Waals surface area contributed by atoms with Crippen LogP contribution in [0.5, 0.6) is 0 Å². The minimum atomic E-state index is 0.849. The van der Waals surface area contributed by atoms with Crippen LogP contribution in [0.15, 0.2) is 209 Å². The molecule has 0 aliphatic heterocycles. The molecule has 0 saturated carbocycles. The SMILES string of the molecule is c1ccc(-c2ccc3cc(N(c4ccc(-c5ccc6c(c5)oc5ccccc56)cc4)c4c(-c5ccccc5)ccc5c4oc4ccccc45)ccc3c2)cc1. The zero-order chi connectivity index (χ0) is 36.3. The largest absolute Gasteiger partial charge is 0.456 e. The highest BCUT2D eigenvalue weighted by Gasteiger charge is 2.24. The maximum absolute atomic E-state index is 6.83. The number of hydrogen-bond acceptors (Lipinski definition) is 3. The molecule has 2 aromatic heterocycles. The van der Waals surface area contributed by atoms with Gasteiger partial charge in [0.1, 0.15) is 16.7 Å². The molecular weight excluding hydrogens is 671 g/mol. The summed E-state index contributed by atoms with van der Waals surface area (Å²) in [5.41, 5.74) is 13.4. The topological polar surface area (TPSA) is 29.5 Å². The van der Waals surface area contributed by atoms with Gasteiger partial charge in [0.2, 0.25) is 0 Å². The standard InChI is InChI=1S/C52H33NO2/c1-3-11-34(12-4-1)37-19-20-39-32-42(27-23-38(39)31-37)53(41-25-21-35(22-26-41)40-24-28-46-44-15-7-9-17-48(44)54-50(46)33-40)51-43(36-13-5-2-6-14-36)29-30-47-45-16-8-10-18-49(45)55-52(47)51/h1-33H. The van der Waals surface area contributed by atoms with Gasteiger partial charge in [-0.15, -0.1) is 0 Å². The van der Waals surface area contributed by atoms with E-state index < -0.39 is 0 Å². The van der Waals surface area contributed by atoms with Crippen molar-refractivity contribution in [2.45, 2.75) is 0 Å². The van der Waals surface area contributed by atoms with Crippen molar-refractivity contribution in [3.8, 4) is 33.4 Å². The molecular formula is C52H33NO2. The van der Waals surface area contributed by atoms with Gasteiger partial charge in [-0.05, 0) is 99.3 Å². The molecule has 0 unspecified atom stereocenters. The predicted octanol–water partition coefficient (Wildman–Crippen LogP) is 15.1. The van der Waals surface area contributed by atoms with Gasteiger partial charge < -0.3 is 13.7 Å². The Morgan fingerprint density at radius 1 is 0.309 bits per heavy atom. The third-order valence-corrected chi connectivity index (χ3v) is 10.9. The second kappa shape index (κ2) is 12.6. The Morgan fingerprint density at radius 3 is 1.62 bits per heavy atom. The minimum absolute atomic E-state index is 0.849. The molecule has 0 radical (unpaired) electrons. The number of hydrogen-bond donors (Lipinski definition) is 0. The molecule has 55 heavy (non-hydrogen) atoms. The van der Waals surface area contributed by atoms with Gasteiger partial charge in [-0.2, -0.15) is 0 Å². The summed E-state index contributed by atoms with van der Waals surface area (Å²) < 4.78 is 13.1. The van der Waals surface area contributed by atoms with Gasteiger partial charge in [0.05, 0.1) is 5.69 Å². The van der Waals surface area contributed by atoms with Crippen molar-refractivity contribution < 1.29 is 8.83 Å². The van der Waals surface area contributed by atoms with E-state index in [1.54, 1.807) is 0 Å². The van der Waals surface area contributed by atoms with Crippen molar-refractivity contribution in [3.05, 3.63) is 200 Å². The number of fused-ring (bicyclic) bond motifs is 7. The third kappa shape index (κ3) is 5.28. The first kappa shape index (κ1) is 31.2.